The molecule has 1 saturated heterocycles. The molecular formula is C29H33F3N6O3. The molecule has 1 aliphatic carbocycles. The zero-order valence-electron chi connectivity index (χ0n) is 22.6. The minimum atomic E-state index is -4.46. The van der Waals surface area contributed by atoms with Gasteiger partial charge >= 0.3 is 12.3 Å². The molecule has 41 heavy (non-hydrogen) atoms. The number of halogens is 3. The lowest BCUT2D eigenvalue weighted by atomic mass is 10.1. The summed E-state index contributed by atoms with van der Waals surface area (Å²) < 4.78 is 41.1. The van der Waals surface area contributed by atoms with Crippen molar-refractivity contribution in [3.63, 3.8) is 0 Å². The van der Waals surface area contributed by atoms with E-state index in [1.807, 2.05) is 0 Å². The molecular weight excluding hydrogens is 537 g/mol. The van der Waals surface area contributed by atoms with Crippen molar-refractivity contribution in [1.82, 2.24) is 15.0 Å². The number of pyridine rings is 1. The topological polar surface area (TPSA) is 115 Å². The van der Waals surface area contributed by atoms with Gasteiger partial charge in [-0.3, -0.25) is 0 Å². The number of nitrogens with one attached hydrogen (secondary N) is 1. The molecule has 0 unspecified atom stereocenters. The number of benzene rings is 1. The summed E-state index contributed by atoms with van der Waals surface area (Å²) in [7, 11) is 0. The number of carbonyl (C=O) groups is 1. The van der Waals surface area contributed by atoms with Gasteiger partial charge in [0.1, 0.15) is 11.6 Å². The van der Waals surface area contributed by atoms with E-state index >= 15 is 0 Å². The molecule has 218 valence electrons. The highest BCUT2D eigenvalue weighted by Crippen LogP contribution is 2.40. The number of hydrogen-bond donors (Lipinski definition) is 3. The first-order valence-corrected chi connectivity index (χ1v) is 13.9. The van der Waals surface area contributed by atoms with Gasteiger partial charge in [-0.15, -0.1) is 0 Å². The van der Waals surface area contributed by atoms with Crippen LogP contribution in [0.3, 0.4) is 0 Å². The van der Waals surface area contributed by atoms with Gasteiger partial charge < -0.3 is 25.3 Å². The number of alkyl halides is 3. The molecule has 0 radical (unpaired) electrons. The molecule has 12 heteroatoms. The molecule has 0 amide bonds. The summed E-state index contributed by atoms with van der Waals surface area (Å²) >= 11 is 0. The molecule has 6 rings (SSSR count). The molecule has 1 saturated carbocycles. The minimum Gasteiger partial charge on any atom is -0.450 e. The molecule has 2 aliphatic heterocycles. The number of piperidine rings is 1. The van der Waals surface area contributed by atoms with Gasteiger partial charge in [0, 0.05) is 50.0 Å². The first-order chi connectivity index (χ1) is 19.7. The number of fused-ring (bicyclic) bond motifs is 1. The Kier molecular flexibility index (Phi) is 8.46. The van der Waals surface area contributed by atoms with Crippen LogP contribution in [0, 0.1) is 0 Å². The Labute approximate surface area is 236 Å². The lowest BCUT2D eigenvalue weighted by Gasteiger charge is -2.28. The van der Waals surface area contributed by atoms with Crippen molar-refractivity contribution in [1.29, 1.82) is 0 Å². The molecule has 9 nitrogen and oxygen atoms in total. The van der Waals surface area contributed by atoms with E-state index in [1.54, 1.807) is 4.90 Å². The maximum absolute atomic E-state index is 13.7. The SMILES string of the molecule is FC(F)(F)c1cccnc1N1CCc2nc(N3CCCCC3)nc(Nc3ccc(C4CC4)cc3)c2CC1.O=C(O)O. The molecule has 3 aromatic rings. The highest BCUT2D eigenvalue weighted by molar-refractivity contribution is 5.63. The van der Waals surface area contributed by atoms with E-state index in [-0.39, 0.29) is 5.82 Å². The van der Waals surface area contributed by atoms with Crippen LogP contribution >= 0.6 is 0 Å². The molecule has 0 bridgehead atoms. The molecule has 3 N–H and O–H groups in total. The average Bonchev–Trinajstić information content (AvgIpc) is 3.81. The normalized spacial score (nSPS) is 17.1. The van der Waals surface area contributed by atoms with Gasteiger partial charge in [0.2, 0.25) is 5.95 Å². The number of nitrogens with zero attached hydrogens (tertiary/aromatic N) is 5. The largest absolute Gasteiger partial charge is 0.503 e. The summed E-state index contributed by atoms with van der Waals surface area (Å²) in [6.45, 7) is 2.67. The van der Waals surface area contributed by atoms with Gasteiger partial charge in [-0.1, -0.05) is 12.1 Å². The highest BCUT2D eigenvalue weighted by Gasteiger charge is 2.36. The zero-order chi connectivity index (χ0) is 29.0. The van der Waals surface area contributed by atoms with E-state index in [0.717, 1.165) is 54.8 Å². The van der Waals surface area contributed by atoms with E-state index in [0.29, 0.717) is 37.8 Å². The van der Waals surface area contributed by atoms with Crippen LogP contribution in [0.4, 0.5) is 41.2 Å². The Balaban J connectivity index is 0.000000794. The van der Waals surface area contributed by atoms with Gasteiger partial charge in [-0.05, 0) is 74.3 Å². The van der Waals surface area contributed by atoms with Gasteiger partial charge in [0.15, 0.2) is 0 Å². The second-order valence-electron chi connectivity index (χ2n) is 10.5. The van der Waals surface area contributed by atoms with E-state index in [1.165, 1.54) is 37.1 Å². The summed E-state index contributed by atoms with van der Waals surface area (Å²) in [4.78, 5) is 26.6. The molecule has 2 fully saturated rings. The van der Waals surface area contributed by atoms with Gasteiger partial charge in [-0.2, -0.15) is 18.2 Å². The molecule has 0 atom stereocenters. The number of hydrogen-bond acceptors (Lipinski definition) is 7. The average molecular weight is 571 g/mol. The van der Waals surface area contributed by atoms with E-state index in [4.69, 9.17) is 25.0 Å². The number of aromatic nitrogens is 3. The van der Waals surface area contributed by atoms with E-state index in [9.17, 15) is 13.2 Å². The van der Waals surface area contributed by atoms with Crippen LogP contribution in [-0.2, 0) is 19.0 Å². The quantitative estimate of drug-likeness (QED) is 0.324. The molecule has 0 spiro atoms. The van der Waals surface area contributed by atoms with Crippen LogP contribution < -0.4 is 15.1 Å². The van der Waals surface area contributed by atoms with E-state index < -0.39 is 17.9 Å². The van der Waals surface area contributed by atoms with Crippen LogP contribution in [0.1, 0.15) is 60.4 Å². The van der Waals surface area contributed by atoms with Gasteiger partial charge in [0.05, 0.1) is 11.3 Å². The van der Waals surface area contributed by atoms with Crippen LogP contribution in [0.25, 0.3) is 0 Å². The van der Waals surface area contributed by atoms with Gasteiger partial charge in [0.25, 0.3) is 0 Å². The minimum absolute atomic E-state index is 0.0165. The number of anilines is 4. The Bertz CT molecular complexity index is 1350. The Hall–Kier alpha value is -4.09. The fraction of sp³-hybridized carbons (Fsp3) is 0.448. The molecule has 3 aliphatic rings. The summed E-state index contributed by atoms with van der Waals surface area (Å²) in [5.41, 5.74) is 3.50. The zero-order valence-corrected chi connectivity index (χ0v) is 22.6. The van der Waals surface area contributed by atoms with Crippen molar-refractivity contribution in [2.24, 2.45) is 0 Å². The van der Waals surface area contributed by atoms with Crippen molar-refractivity contribution < 1.29 is 28.2 Å². The number of rotatable bonds is 5. The predicted molar refractivity (Wildman–Crippen MR) is 149 cm³/mol. The van der Waals surface area contributed by atoms with Crippen LogP contribution in [0.15, 0.2) is 42.6 Å². The first kappa shape index (κ1) is 28.4. The van der Waals surface area contributed by atoms with Crippen molar-refractivity contribution in [2.45, 2.75) is 57.0 Å². The van der Waals surface area contributed by atoms with Crippen molar-refractivity contribution in [3.8, 4) is 0 Å². The monoisotopic (exact) mass is 570 g/mol. The fourth-order valence-electron chi connectivity index (χ4n) is 5.40. The van der Waals surface area contributed by atoms with Gasteiger partial charge in [-0.25, -0.2) is 14.8 Å². The molecule has 1 aromatic carbocycles. The second-order valence-corrected chi connectivity index (χ2v) is 10.5. The highest BCUT2D eigenvalue weighted by atomic mass is 19.4. The Morgan fingerprint density at radius 1 is 0.902 bits per heavy atom. The summed E-state index contributed by atoms with van der Waals surface area (Å²) in [6, 6.07) is 11.0. The molecule has 4 heterocycles. The smallest absolute Gasteiger partial charge is 0.450 e. The third-order valence-electron chi connectivity index (χ3n) is 7.58. The fourth-order valence-corrected chi connectivity index (χ4v) is 5.40. The lowest BCUT2D eigenvalue weighted by Crippen LogP contribution is -2.31. The van der Waals surface area contributed by atoms with Crippen LogP contribution in [0.2, 0.25) is 0 Å². The van der Waals surface area contributed by atoms with Crippen molar-refractivity contribution in [2.75, 3.05) is 41.3 Å². The van der Waals surface area contributed by atoms with Crippen molar-refractivity contribution in [3.05, 3.63) is 65.0 Å². The predicted octanol–water partition coefficient (Wildman–Crippen LogP) is 6.33. The summed E-state index contributed by atoms with van der Waals surface area (Å²) in [6.07, 6.45) is 2.15. The van der Waals surface area contributed by atoms with E-state index in [2.05, 4.69) is 39.5 Å². The third-order valence-corrected chi connectivity index (χ3v) is 7.58. The Morgan fingerprint density at radius 2 is 1.59 bits per heavy atom. The summed E-state index contributed by atoms with van der Waals surface area (Å²) in [5, 5.41) is 17.5. The third kappa shape index (κ3) is 7.17. The first-order valence-electron chi connectivity index (χ1n) is 13.9. The second kappa shape index (κ2) is 12.2. The molecule has 2 aromatic heterocycles. The maximum atomic E-state index is 13.7. The maximum Gasteiger partial charge on any atom is 0.503 e. The lowest BCUT2D eigenvalue weighted by molar-refractivity contribution is -0.137. The number of carboxylic acid groups (broad SMARTS) is 2. The standard InChI is InChI=1S/C28H31F3N6.CH2O3/c29-28(30,31)23-5-4-14-32-26(23)36-17-12-22-24(13-18-36)34-27(37-15-2-1-3-16-37)35-25(22)33-21-10-8-20(9-11-21)19-6-7-19;2-1(3)4/h4-5,8-11,14,19H,1-3,6-7,12-13,15-18H2,(H,33,34,35);(H2,2,3,4). The summed E-state index contributed by atoms with van der Waals surface area (Å²) in [5.74, 6) is 2.13. The van der Waals surface area contributed by atoms with Crippen LogP contribution in [0.5, 0.6) is 0 Å². The van der Waals surface area contributed by atoms with Crippen LogP contribution in [-0.4, -0.2) is 57.5 Å². The Morgan fingerprint density at radius 3 is 2.24 bits per heavy atom. The van der Waals surface area contributed by atoms with Crippen molar-refractivity contribution >= 4 is 29.4 Å².